The van der Waals surface area contributed by atoms with E-state index >= 15 is 0 Å². The summed E-state index contributed by atoms with van der Waals surface area (Å²) in [5, 5.41) is 2.75. The van der Waals surface area contributed by atoms with Gasteiger partial charge in [-0.1, -0.05) is 12.1 Å². The van der Waals surface area contributed by atoms with Gasteiger partial charge in [-0.15, -0.1) is 0 Å². The maximum absolute atomic E-state index is 11.8. The van der Waals surface area contributed by atoms with E-state index in [1.165, 1.54) is 0 Å². The van der Waals surface area contributed by atoms with Crippen LogP contribution >= 0.6 is 0 Å². The molecule has 0 saturated carbocycles. The third-order valence-corrected chi connectivity index (χ3v) is 3.11. The minimum atomic E-state index is -0.343. The number of carbonyl (C=O) groups is 3. The van der Waals surface area contributed by atoms with E-state index in [9.17, 15) is 14.4 Å². The van der Waals surface area contributed by atoms with Gasteiger partial charge in [0.15, 0.2) is 0 Å². The fourth-order valence-corrected chi connectivity index (χ4v) is 2.18. The lowest BCUT2D eigenvalue weighted by Gasteiger charge is -2.04. The van der Waals surface area contributed by atoms with Crippen molar-refractivity contribution in [3.8, 4) is 0 Å². The molecular weight excluding hydrogens is 258 g/mol. The Balaban J connectivity index is 1.87. The average molecular weight is 275 g/mol. The van der Waals surface area contributed by atoms with E-state index in [-0.39, 0.29) is 36.9 Å². The van der Waals surface area contributed by atoms with Gasteiger partial charge in [0.1, 0.15) is 5.78 Å². The zero-order valence-electron chi connectivity index (χ0n) is 11.4. The van der Waals surface area contributed by atoms with Crippen LogP contribution in [0.15, 0.2) is 18.2 Å². The summed E-state index contributed by atoms with van der Waals surface area (Å²) in [6.45, 7) is 2.07. The summed E-state index contributed by atoms with van der Waals surface area (Å²) in [5.41, 5.74) is 2.61. The summed E-state index contributed by atoms with van der Waals surface area (Å²) < 4.78 is 4.78. The predicted molar refractivity (Wildman–Crippen MR) is 73.4 cm³/mol. The van der Waals surface area contributed by atoms with Crippen LogP contribution in [0.4, 0.5) is 5.69 Å². The summed E-state index contributed by atoms with van der Waals surface area (Å²) in [6.07, 6.45) is 0.950. The molecule has 0 aromatic heterocycles. The molecule has 1 N–H and O–H groups in total. The van der Waals surface area contributed by atoms with Crippen molar-refractivity contribution in [3.05, 3.63) is 29.3 Å². The maximum atomic E-state index is 11.8. The fraction of sp³-hybridized carbons (Fsp3) is 0.400. The van der Waals surface area contributed by atoms with Crippen molar-refractivity contribution < 1.29 is 19.1 Å². The summed E-state index contributed by atoms with van der Waals surface area (Å²) >= 11 is 0. The second-order valence-corrected chi connectivity index (χ2v) is 4.74. The minimum Gasteiger partial charge on any atom is -0.466 e. The number of nitrogens with one attached hydrogen (secondary N) is 1. The molecule has 1 aromatic rings. The molecule has 0 aliphatic carbocycles. The van der Waals surface area contributed by atoms with Crippen LogP contribution < -0.4 is 5.32 Å². The molecule has 5 nitrogen and oxygen atoms in total. The SMILES string of the molecule is CCOC(=O)CCC(=O)Cc1ccc2c(c1)CC(=O)N2. The minimum absolute atomic E-state index is 0.00437. The summed E-state index contributed by atoms with van der Waals surface area (Å²) in [5.74, 6) is -0.370. The topological polar surface area (TPSA) is 72.5 Å². The number of hydrogen-bond acceptors (Lipinski definition) is 4. The number of Topliss-reactive ketones (excluding diaryl/α,β-unsaturated/α-hetero) is 1. The van der Waals surface area contributed by atoms with Gasteiger partial charge in [0.05, 0.1) is 19.4 Å². The lowest BCUT2D eigenvalue weighted by molar-refractivity contribution is -0.144. The Morgan fingerprint density at radius 3 is 2.85 bits per heavy atom. The molecule has 1 aromatic carbocycles. The number of ether oxygens (including phenoxy) is 1. The molecule has 106 valence electrons. The Labute approximate surface area is 117 Å². The van der Waals surface area contributed by atoms with Gasteiger partial charge in [-0.25, -0.2) is 0 Å². The van der Waals surface area contributed by atoms with Crippen molar-refractivity contribution in [1.29, 1.82) is 0 Å². The highest BCUT2D eigenvalue weighted by atomic mass is 16.5. The number of esters is 1. The standard InChI is InChI=1S/C15H17NO4/c1-2-20-15(19)6-4-12(17)8-10-3-5-13-11(7-10)9-14(18)16-13/h3,5,7H,2,4,6,8-9H2,1H3,(H,16,18). The zero-order valence-corrected chi connectivity index (χ0v) is 11.4. The first-order valence-corrected chi connectivity index (χ1v) is 6.67. The van der Waals surface area contributed by atoms with Crippen LogP contribution in [0, 0.1) is 0 Å². The Morgan fingerprint density at radius 1 is 1.30 bits per heavy atom. The third kappa shape index (κ3) is 3.66. The number of ketones is 1. The normalized spacial score (nSPS) is 12.8. The van der Waals surface area contributed by atoms with Crippen LogP contribution in [0.25, 0.3) is 0 Å². The molecule has 0 saturated heterocycles. The number of anilines is 1. The second-order valence-electron chi connectivity index (χ2n) is 4.74. The Kier molecular flexibility index (Phi) is 4.50. The molecule has 0 fully saturated rings. The summed E-state index contributed by atoms with van der Waals surface area (Å²) in [4.78, 5) is 34.2. The number of fused-ring (bicyclic) bond motifs is 1. The van der Waals surface area contributed by atoms with Crippen LogP contribution in [-0.4, -0.2) is 24.3 Å². The Hall–Kier alpha value is -2.17. The molecule has 20 heavy (non-hydrogen) atoms. The zero-order chi connectivity index (χ0) is 14.5. The number of carbonyl (C=O) groups excluding carboxylic acids is 3. The van der Waals surface area contributed by atoms with E-state index in [0.717, 1.165) is 16.8 Å². The molecule has 1 amide bonds. The van der Waals surface area contributed by atoms with E-state index in [0.29, 0.717) is 13.0 Å². The van der Waals surface area contributed by atoms with Gasteiger partial charge in [-0.05, 0) is 24.1 Å². The smallest absolute Gasteiger partial charge is 0.306 e. The largest absolute Gasteiger partial charge is 0.466 e. The molecule has 2 rings (SSSR count). The van der Waals surface area contributed by atoms with Gasteiger partial charge in [-0.3, -0.25) is 14.4 Å². The highest BCUT2D eigenvalue weighted by molar-refractivity contribution is 5.99. The summed E-state index contributed by atoms with van der Waals surface area (Å²) in [7, 11) is 0. The monoisotopic (exact) mass is 275 g/mol. The molecule has 1 aliphatic rings. The van der Waals surface area contributed by atoms with E-state index < -0.39 is 0 Å². The van der Waals surface area contributed by atoms with Gasteiger partial charge in [0.2, 0.25) is 5.91 Å². The number of benzene rings is 1. The van der Waals surface area contributed by atoms with E-state index in [2.05, 4.69) is 5.32 Å². The molecule has 5 heteroatoms. The lowest BCUT2D eigenvalue weighted by Crippen LogP contribution is -2.09. The van der Waals surface area contributed by atoms with Crippen LogP contribution in [0.3, 0.4) is 0 Å². The van der Waals surface area contributed by atoms with Gasteiger partial charge in [0.25, 0.3) is 0 Å². The molecule has 1 heterocycles. The lowest BCUT2D eigenvalue weighted by atomic mass is 10.0. The van der Waals surface area contributed by atoms with Crippen LogP contribution in [-0.2, 0) is 32.0 Å². The highest BCUT2D eigenvalue weighted by Crippen LogP contribution is 2.24. The van der Waals surface area contributed by atoms with Gasteiger partial charge >= 0.3 is 5.97 Å². The molecule has 0 radical (unpaired) electrons. The molecule has 0 atom stereocenters. The average Bonchev–Trinajstić information content (AvgIpc) is 2.76. The van der Waals surface area contributed by atoms with Crippen molar-refractivity contribution in [2.45, 2.75) is 32.6 Å². The molecule has 1 aliphatic heterocycles. The Morgan fingerprint density at radius 2 is 2.10 bits per heavy atom. The van der Waals surface area contributed by atoms with Crippen molar-refractivity contribution in [2.24, 2.45) is 0 Å². The quantitative estimate of drug-likeness (QED) is 0.801. The van der Waals surface area contributed by atoms with E-state index in [1.807, 2.05) is 18.2 Å². The van der Waals surface area contributed by atoms with Crippen LogP contribution in [0.5, 0.6) is 0 Å². The fourth-order valence-electron chi connectivity index (χ4n) is 2.18. The molecule has 0 spiro atoms. The van der Waals surface area contributed by atoms with Gasteiger partial charge in [-0.2, -0.15) is 0 Å². The van der Waals surface area contributed by atoms with Crippen molar-refractivity contribution in [3.63, 3.8) is 0 Å². The molecular formula is C15H17NO4. The van der Waals surface area contributed by atoms with Crippen LogP contribution in [0.2, 0.25) is 0 Å². The van der Waals surface area contributed by atoms with Gasteiger partial charge < -0.3 is 10.1 Å². The van der Waals surface area contributed by atoms with Crippen molar-refractivity contribution in [2.75, 3.05) is 11.9 Å². The second kappa shape index (κ2) is 6.32. The first kappa shape index (κ1) is 14.2. The number of amides is 1. The van der Waals surface area contributed by atoms with E-state index in [4.69, 9.17) is 4.74 Å². The number of rotatable bonds is 6. The third-order valence-electron chi connectivity index (χ3n) is 3.11. The number of hydrogen-bond donors (Lipinski definition) is 1. The van der Waals surface area contributed by atoms with Crippen molar-refractivity contribution in [1.82, 2.24) is 0 Å². The Bertz CT molecular complexity index is 551. The van der Waals surface area contributed by atoms with Gasteiger partial charge in [0, 0.05) is 18.5 Å². The van der Waals surface area contributed by atoms with E-state index in [1.54, 1.807) is 6.92 Å². The first-order chi connectivity index (χ1) is 9.58. The summed E-state index contributed by atoms with van der Waals surface area (Å²) in [6, 6.07) is 5.51. The van der Waals surface area contributed by atoms with Crippen LogP contribution in [0.1, 0.15) is 30.9 Å². The predicted octanol–water partition coefficient (Wildman–Crippen LogP) is 1.64. The highest BCUT2D eigenvalue weighted by Gasteiger charge is 2.18. The molecule has 0 unspecified atom stereocenters. The first-order valence-electron chi connectivity index (χ1n) is 6.67. The van der Waals surface area contributed by atoms with Crippen molar-refractivity contribution >= 4 is 23.3 Å². The maximum Gasteiger partial charge on any atom is 0.306 e. The molecule has 0 bridgehead atoms.